The Bertz CT molecular complexity index is 336. The Balaban J connectivity index is 2.66. The van der Waals surface area contributed by atoms with Crippen LogP contribution in [0.5, 0.6) is 0 Å². The van der Waals surface area contributed by atoms with Gasteiger partial charge in [-0.1, -0.05) is 44.2 Å². The van der Waals surface area contributed by atoms with E-state index >= 15 is 0 Å². The van der Waals surface area contributed by atoms with E-state index in [-0.39, 0.29) is 6.04 Å². The summed E-state index contributed by atoms with van der Waals surface area (Å²) in [5.74, 6) is 0.684. The van der Waals surface area contributed by atoms with Crippen molar-refractivity contribution in [2.75, 3.05) is 7.05 Å². The van der Waals surface area contributed by atoms with Gasteiger partial charge in [-0.2, -0.15) is 0 Å². The third kappa shape index (κ3) is 4.11. The smallest absolute Gasteiger partial charge is 0.0942 e. The molecule has 0 amide bonds. The first-order chi connectivity index (χ1) is 8.43. The Labute approximate surface area is 112 Å². The van der Waals surface area contributed by atoms with Crippen molar-refractivity contribution in [1.29, 1.82) is 0 Å². The van der Waals surface area contributed by atoms with E-state index in [2.05, 4.69) is 39.6 Å². The number of hydrogen-bond donors (Lipinski definition) is 1. The van der Waals surface area contributed by atoms with Crippen molar-refractivity contribution >= 4 is 0 Å². The van der Waals surface area contributed by atoms with Crippen molar-refractivity contribution in [3.05, 3.63) is 35.9 Å². The molecule has 102 valence electrons. The predicted molar refractivity (Wildman–Crippen MR) is 77.5 cm³/mol. The van der Waals surface area contributed by atoms with Crippen molar-refractivity contribution in [3.8, 4) is 0 Å². The van der Waals surface area contributed by atoms with Crippen molar-refractivity contribution in [2.24, 2.45) is 5.92 Å². The van der Waals surface area contributed by atoms with Gasteiger partial charge in [-0.3, -0.25) is 4.90 Å². The number of rotatable bonds is 6. The highest BCUT2D eigenvalue weighted by Gasteiger charge is 2.23. The zero-order chi connectivity index (χ0) is 13.7. The molecule has 0 spiro atoms. The maximum atomic E-state index is 10.4. The minimum atomic E-state index is -0.425. The number of hydrogen-bond acceptors (Lipinski definition) is 2. The van der Waals surface area contributed by atoms with Crippen LogP contribution in [0.15, 0.2) is 30.3 Å². The summed E-state index contributed by atoms with van der Waals surface area (Å²) < 4.78 is 0. The zero-order valence-corrected chi connectivity index (χ0v) is 12.3. The summed E-state index contributed by atoms with van der Waals surface area (Å²) in [5, 5.41) is 10.4. The topological polar surface area (TPSA) is 23.5 Å². The maximum absolute atomic E-state index is 10.4. The SMILES string of the molecule is CC(C)CC(C)N(C)C(C)C(O)c1ccccc1. The van der Waals surface area contributed by atoms with E-state index < -0.39 is 6.10 Å². The molecular formula is C16H27NO. The fourth-order valence-corrected chi connectivity index (χ4v) is 2.40. The first kappa shape index (κ1) is 15.2. The number of likely N-dealkylation sites (N-methyl/N-ethyl adjacent to an activating group) is 1. The Morgan fingerprint density at radius 3 is 2.11 bits per heavy atom. The molecule has 0 saturated carbocycles. The van der Waals surface area contributed by atoms with E-state index in [1.54, 1.807) is 0 Å². The highest BCUT2D eigenvalue weighted by atomic mass is 16.3. The van der Waals surface area contributed by atoms with Crippen LogP contribution in [0.2, 0.25) is 0 Å². The summed E-state index contributed by atoms with van der Waals surface area (Å²) in [6.07, 6.45) is 0.730. The first-order valence-corrected chi connectivity index (χ1v) is 6.88. The fourth-order valence-electron chi connectivity index (χ4n) is 2.40. The van der Waals surface area contributed by atoms with Gasteiger partial charge in [0.1, 0.15) is 0 Å². The lowest BCUT2D eigenvalue weighted by molar-refractivity contribution is 0.0482. The molecule has 1 N–H and O–H groups in total. The van der Waals surface area contributed by atoms with E-state index in [1.807, 2.05) is 30.3 Å². The maximum Gasteiger partial charge on any atom is 0.0942 e. The van der Waals surface area contributed by atoms with Crippen LogP contribution < -0.4 is 0 Å². The molecule has 1 aromatic carbocycles. The molecule has 2 nitrogen and oxygen atoms in total. The Morgan fingerprint density at radius 2 is 1.61 bits per heavy atom. The fraction of sp³-hybridized carbons (Fsp3) is 0.625. The number of aliphatic hydroxyl groups excluding tert-OH is 1. The molecule has 0 aliphatic carbocycles. The summed E-state index contributed by atoms with van der Waals surface area (Å²) in [6.45, 7) is 8.80. The molecule has 3 atom stereocenters. The average molecular weight is 249 g/mol. The van der Waals surface area contributed by atoms with Gasteiger partial charge >= 0.3 is 0 Å². The normalized spacial score (nSPS) is 16.9. The van der Waals surface area contributed by atoms with E-state index in [0.717, 1.165) is 12.0 Å². The van der Waals surface area contributed by atoms with Gasteiger partial charge in [0.05, 0.1) is 6.10 Å². The van der Waals surface area contributed by atoms with Crippen LogP contribution in [-0.4, -0.2) is 29.1 Å². The Kier molecular flexibility index (Phi) is 5.83. The standard InChI is InChI=1S/C16H27NO/c1-12(2)11-13(3)17(5)14(4)16(18)15-9-7-6-8-10-15/h6-10,12-14,16,18H,11H2,1-5H3. The summed E-state index contributed by atoms with van der Waals surface area (Å²) in [7, 11) is 2.10. The van der Waals surface area contributed by atoms with Gasteiger partial charge in [0, 0.05) is 12.1 Å². The van der Waals surface area contributed by atoms with Gasteiger partial charge in [-0.05, 0) is 38.8 Å². The van der Waals surface area contributed by atoms with E-state index in [4.69, 9.17) is 0 Å². The van der Waals surface area contributed by atoms with Crippen molar-refractivity contribution in [1.82, 2.24) is 4.90 Å². The summed E-state index contributed by atoms with van der Waals surface area (Å²) in [5.41, 5.74) is 0.994. The van der Waals surface area contributed by atoms with Crippen LogP contribution in [0.3, 0.4) is 0 Å². The highest BCUT2D eigenvalue weighted by Crippen LogP contribution is 2.22. The minimum absolute atomic E-state index is 0.126. The van der Waals surface area contributed by atoms with Gasteiger partial charge < -0.3 is 5.11 Å². The van der Waals surface area contributed by atoms with Gasteiger partial charge in [-0.15, -0.1) is 0 Å². The lowest BCUT2D eigenvalue weighted by Crippen LogP contribution is -2.41. The van der Waals surface area contributed by atoms with Crippen molar-refractivity contribution < 1.29 is 5.11 Å². The molecule has 2 heteroatoms. The summed E-state index contributed by atoms with van der Waals surface area (Å²) in [4.78, 5) is 2.28. The zero-order valence-electron chi connectivity index (χ0n) is 12.3. The van der Waals surface area contributed by atoms with Gasteiger partial charge in [-0.25, -0.2) is 0 Å². The molecule has 0 bridgehead atoms. The second kappa shape index (κ2) is 6.91. The monoisotopic (exact) mass is 249 g/mol. The third-order valence-electron chi connectivity index (χ3n) is 3.75. The molecule has 0 radical (unpaired) electrons. The molecule has 3 unspecified atom stereocenters. The van der Waals surface area contributed by atoms with Gasteiger partial charge in [0.25, 0.3) is 0 Å². The second-order valence-corrected chi connectivity index (χ2v) is 5.74. The number of benzene rings is 1. The molecule has 0 aliphatic rings. The second-order valence-electron chi connectivity index (χ2n) is 5.74. The Morgan fingerprint density at radius 1 is 1.06 bits per heavy atom. The number of aliphatic hydroxyl groups is 1. The molecule has 0 aliphatic heterocycles. The predicted octanol–water partition coefficient (Wildman–Crippen LogP) is 3.47. The van der Waals surface area contributed by atoms with Crippen LogP contribution in [0.25, 0.3) is 0 Å². The van der Waals surface area contributed by atoms with Crippen LogP contribution in [-0.2, 0) is 0 Å². The summed E-state index contributed by atoms with van der Waals surface area (Å²) >= 11 is 0. The van der Waals surface area contributed by atoms with Gasteiger partial charge in [0.2, 0.25) is 0 Å². The highest BCUT2D eigenvalue weighted by molar-refractivity contribution is 5.18. The molecule has 0 heterocycles. The van der Waals surface area contributed by atoms with Gasteiger partial charge in [0.15, 0.2) is 0 Å². The van der Waals surface area contributed by atoms with Crippen molar-refractivity contribution in [2.45, 2.75) is 52.3 Å². The Hall–Kier alpha value is -0.860. The quantitative estimate of drug-likeness (QED) is 0.834. The summed E-state index contributed by atoms with van der Waals surface area (Å²) in [6, 6.07) is 10.5. The first-order valence-electron chi connectivity index (χ1n) is 6.88. The lowest BCUT2D eigenvalue weighted by atomic mass is 9.98. The van der Waals surface area contributed by atoms with Crippen LogP contribution in [0, 0.1) is 5.92 Å². The molecule has 1 aromatic rings. The van der Waals surface area contributed by atoms with Crippen molar-refractivity contribution in [3.63, 3.8) is 0 Å². The molecule has 0 fully saturated rings. The largest absolute Gasteiger partial charge is 0.387 e. The molecular weight excluding hydrogens is 222 g/mol. The minimum Gasteiger partial charge on any atom is -0.387 e. The molecule has 18 heavy (non-hydrogen) atoms. The van der Waals surface area contributed by atoms with E-state index in [9.17, 15) is 5.11 Å². The number of nitrogens with zero attached hydrogens (tertiary/aromatic N) is 1. The van der Waals surface area contributed by atoms with Crippen LogP contribution >= 0.6 is 0 Å². The lowest BCUT2D eigenvalue weighted by Gasteiger charge is -2.34. The third-order valence-corrected chi connectivity index (χ3v) is 3.75. The molecule has 0 aromatic heterocycles. The van der Waals surface area contributed by atoms with E-state index in [1.165, 1.54) is 0 Å². The van der Waals surface area contributed by atoms with E-state index in [0.29, 0.717) is 12.0 Å². The van der Waals surface area contributed by atoms with Crippen LogP contribution in [0.1, 0.15) is 45.8 Å². The average Bonchev–Trinajstić information content (AvgIpc) is 2.36. The molecule has 0 saturated heterocycles. The molecule has 1 rings (SSSR count). The van der Waals surface area contributed by atoms with Crippen LogP contribution in [0.4, 0.5) is 0 Å².